The molecule has 0 radical (unpaired) electrons. The van der Waals surface area contributed by atoms with Gasteiger partial charge in [-0.05, 0) is 73.2 Å². The van der Waals surface area contributed by atoms with E-state index in [1.165, 1.54) is 12.8 Å². The lowest BCUT2D eigenvalue weighted by molar-refractivity contribution is -0.123. The monoisotopic (exact) mass is 516 g/mol. The fraction of sp³-hybridized carbons (Fsp3) is 0.536. The summed E-state index contributed by atoms with van der Waals surface area (Å²) in [6.07, 6.45) is 3.28. The maximum atomic E-state index is 13.7. The molecule has 0 aliphatic carbocycles. The average molecular weight is 518 g/mol. The Morgan fingerprint density at radius 2 is 1.80 bits per heavy atom. The summed E-state index contributed by atoms with van der Waals surface area (Å²) in [6, 6.07) is 14.9. The van der Waals surface area contributed by atoms with Crippen LogP contribution >= 0.6 is 23.2 Å². The topological polar surface area (TPSA) is 70.4 Å². The molecule has 1 amide bonds. The van der Waals surface area contributed by atoms with E-state index in [1.807, 2.05) is 48.5 Å². The number of likely N-dealkylation sites (tertiary alicyclic amines) is 1. The van der Waals surface area contributed by atoms with Gasteiger partial charge in [0.1, 0.15) is 0 Å². The third kappa shape index (κ3) is 6.03. The molecule has 2 heterocycles. The molecule has 0 bridgehead atoms. The maximum Gasteiger partial charge on any atom is 0.237 e. The summed E-state index contributed by atoms with van der Waals surface area (Å²) in [5.41, 5.74) is 8.52. The summed E-state index contributed by atoms with van der Waals surface area (Å²) in [5.74, 6) is -0.323. The van der Waals surface area contributed by atoms with Crippen LogP contribution in [0.4, 0.5) is 0 Å². The highest BCUT2D eigenvalue weighted by atomic mass is 35.5. The van der Waals surface area contributed by atoms with Gasteiger partial charge >= 0.3 is 0 Å². The molecule has 0 aromatic heterocycles. The van der Waals surface area contributed by atoms with Crippen molar-refractivity contribution in [3.05, 3.63) is 69.7 Å². The first kappa shape index (κ1) is 26.4. The van der Waals surface area contributed by atoms with Crippen molar-refractivity contribution >= 4 is 29.1 Å². The molecule has 1 unspecified atom stereocenters. The van der Waals surface area contributed by atoms with Crippen molar-refractivity contribution in [2.24, 2.45) is 11.1 Å². The van der Waals surface area contributed by atoms with Gasteiger partial charge in [0.2, 0.25) is 5.91 Å². The van der Waals surface area contributed by atoms with Gasteiger partial charge in [0.15, 0.2) is 0 Å². The first-order valence-electron chi connectivity index (χ1n) is 12.6. The lowest BCUT2D eigenvalue weighted by Gasteiger charge is -2.39. The summed E-state index contributed by atoms with van der Waals surface area (Å²) < 4.78 is 0. The molecule has 35 heavy (non-hydrogen) atoms. The van der Waals surface area contributed by atoms with Crippen LogP contribution in [-0.2, 0) is 10.3 Å². The zero-order valence-electron chi connectivity index (χ0n) is 21.0. The number of halogens is 2. The number of hydrogen-bond acceptors (Lipinski definition) is 4. The molecule has 4 atom stereocenters. The van der Waals surface area contributed by atoms with Crippen molar-refractivity contribution in [3.63, 3.8) is 0 Å². The van der Waals surface area contributed by atoms with E-state index in [1.54, 1.807) is 0 Å². The van der Waals surface area contributed by atoms with Crippen LogP contribution in [0.5, 0.6) is 0 Å². The number of amides is 1. The minimum atomic E-state index is -0.834. The summed E-state index contributed by atoms with van der Waals surface area (Å²) in [7, 11) is 0. The van der Waals surface area contributed by atoms with Crippen LogP contribution in [-0.4, -0.2) is 49.1 Å². The summed E-state index contributed by atoms with van der Waals surface area (Å²) in [5, 5.41) is 8.16. The lowest BCUT2D eigenvalue weighted by Crippen LogP contribution is -2.51. The van der Waals surface area contributed by atoms with Gasteiger partial charge in [-0.25, -0.2) is 0 Å². The van der Waals surface area contributed by atoms with Crippen molar-refractivity contribution < 1.29 is 4.79 Å². The molecule has 2 aliphatic heterocycles. The minimum absolute atomic E-state index is 0.00865. The molecule has 4 N–H and O–H groups in total. The number of nitrogens with two attached hydrogens (primary N) is 1. The third-order valence-electron chi connectivity index (χ3n) is 7.38. The quantitative estimate of drug-likeness (QED) is 0.488. The van der Waals surface area contributed by atoms with Crippen LogP contribution in [0.1, 0.15) is 57.1 Å². The molecule has 0 saturated carbocycles. The Morgan fingerprint density at radius 1 is 1.11 bits per heavy atom. The van der Waals surface area contributed by atoms with Gasteiger partial charge in [0.25, 0.3) is 0 Å². The largest absolute Gasteiger partial charge is 0.353 e. The normalized spacial score (nSPS) is 27.3. The van der Waals surface area contributed by atoms with Gasteiger partial charge in [0, 0.05) is 35.1 Å². The van der Waals surface area contributed by atoms with E-state index in [-0.39, 0.29) is 23.3 Å². The number of carbonyl (C=O) groups is 1. The molecular weight excluding hydrogens is 479 g/mol. The zero-order valence-corrected chi connectivity index (χ0v) is 22.5. The fourth-order valence-electron chi connectivity index (χ4n) is 5.75. The number of nitrogens with one attached hydrogen (secondary N) is 2. The van der Waals surface area contributed by atoms with Gasteiger partial charge in [0.05, 0.1) is 11.6 Å². The second-order valence-electron chi connectivity index (χ2n) is 11.3. The van der Waals surface area contributed by atoms with Crippen molar-refractivity contribution in [3.8, 4) is 0 Å². The molecule has 2 saturated heterocycles. The second-order valence-corrected chi connectivity index (χ2v) is 12.1. The number of nitrogens with zero attached hydrogens (tertiary/aromatic N) is 1. The third-order valence-corrected chi connectivity index (χ3v) is 7.87. The predicted molar refractivity (Wildman–Crippen MR) is 145 cm³/mol. The number of hydrogen-bond donors (Lipinski definition) is 3. The maximum absolute atomic E-state index is 13.7. The molecule has 4 rings (SSSR count). The van der Waals surface area contributed by atoms with E-state index >= 15 is 0 Å². The lowest BCUT2D eigenvalue weighted by atomic mass is 9.68. The average Bonchev–Trinajstić information content (AvgIpc) is 3.40. The summed E-state index contributed by atoms with van der Waals surface area (Å²) in [4.78, 5) is 16.1. The second kappa shape index (κ2) is 10.8. The Labute approximate surface area is 219 Å². The number of benzene rings is 2. The van der Waals surface area contributed by atoms with Crippen LogP contribution in [0.25, 0.3) is 0 Å². The Hall–Kier alpha value is -1.63. The molecule has 2 fully saturated rings. The summed E-state index contributed by atoms with van der Waals surface area (Å²) >= 11 is 12.7. The molecule has 2 aromatic carbocycles. The number of carbonyl (C=O) groups excluding carboxylic acids is 1. The number of rotatable bonds is 7. The molecular formula is C28H38Cl2N4O. The standard InChI is InChI=1S/C28H38Cl2N4O/c1-27(2,3)18-23-28(31,20-9-11-21(29)12-10-20)24(19-7-6-8-22(30)17-19)25(33-23)26(35)32-13-16-34-14-4-5-15-34/h6-12,17,23-25,33H,4-5,13-16,18,31H2,1-3H3,(H,32,35)/t23-,24-,25+,28?/m0/s1. The van der Waals surface area contributed by atoms with E-state index in [2.05, 4.69) is 36.3 Å². The Morgan fingerprint density at radius 3 is 2.43 bits per heavy atom. The molecule has 2 aliphatic rings. The van der Waals surface area contributed by atoms with Crippen LogP contribution in [0.3, 0.4) is 0 Å². The fourth-order valence-corrected chi connectivity index (χ4v) is 6.08. The van der Waals surface area contributed by atoms with E-state index in [0.29, 0.717) is 16.6 Å². The molecule has 5 nitrogen and oxygen atoms in total. The van der Waals surface area contributed by atoms with Crippen molar-refractivity contribution in [1.82, 2.24) is 15.5 Å². The van der Waals surface area contributed by atoms with Crippen molar-refractivity contribution in [2.75, 3.05) is 26.2 Å². The van der Waals surface area contributed by atoms with Crippen LogP contribution in [0.2, 0.25) is 10.0 Å². The van der Waals surface area contributed by atoms with E-state index in [4.69, 9.17) is 28.9 Å². The Kier molecular flexibility index (Phi) is 8.14. The minimum Gasteiger partial charge on any atom is -0.353 e. The van der Waals surface area contributed by atoms with Gasteiger partial charge in [-0.1, -0.05) is 68.2 Å². The van der Waals surface area contributed by atoms with E-state index in [9.17, 15) is 4.79 Å². The molecule has 7 heteroatoms. The highest BCUT2D eigenvalue weighted by Crippen LogP contribution is 2.48. The SMILES string of the molecule is CC(C)(C)C[C@@H]1N[C@@H](C(=O)NCCN2CCCC2)[C@H](c2cccc(Cl)c2)C1(N)c1ccc(Cl)cc1. The Bertz CT molecular complexity index is 1020. The Balaban J connectivity index is 1.71. The van der Waals surface area contributed by atoms with E-state index in [0.717, 1.165) is 37.2 Å². The van der Waals surface area contributed by atoms with Crippen LogP contribution in [0, 0.1) is 5.41 Å². The zero-order chi connectivity index (χ0) is 25.2. The smallest absolute Gasteiger partial charge is 0.237 e. The summed E-state index contributed by atoms with van der Waals surface area (Å²) in [6.45, 7) is 10.3. The van der Waals surface area contributed by atoms with Gasteiger partial charge in [-0.3, -0.25) is 4.79 Å². The van der Waals surface area contributed by atoms with Gasteiger partial charge < -0.3 is 21.3 Å². The first-order valence-corrected chi connectivity index (χ1v) is 13.4. The highest BCUT2D eigenvalue weighted by molar-refractivity contribution is 6.30. The molecule has 2 aromatic rings. The highest BCUT2D eigenvalue weighted by Gasteiger charge is 2.56. The van der Waals surface area contributed by atoms with Gasteiger partial charge in [-0.2, -0.15) is 0 Å². The van der Waals surface area contributed by atoms with Crippen molar-refractivity contribution in [1.29, 1.82) is 0 Å². The van der Waals surface area contributed by atoms with Crippen molar-refractivity contribution in [2.45, 2.75) is 63.6 Å². The molecule has 0 spiro atoms. The molecule has 190 valence electrons. The van der Waals surface area contributed by atoms with E-state index < -0.39 is 11.6 Å². The van der Waals surface area contributed by atoms with Crippen LogP contribution in [0.15, 0.2) is 48.5 Å². The first-order chi connectivity index (χ1) is 16.6. The van der Waals surface area contributed by atoms with Crippen LogP contribution < -0.4 is 16.4 Å². The predicted octanol–water partition coefficient (Wildman–Crippen LogP) is 4.92. The van der Waals surface area contributed by atoms with Gasteiger partial charge in [-0.15, -0.1) is 0 Å².